The second kappa shape index (κ2) is 6.43. The molecule has 0 aliphatic carbocycles. The number of aliphatic imine (C=N–C) groups is 1. The standard InChI is InChI=1S/C15H16ClN3/c1-11-5-2-3-9-18-14(11)8-7-13(17)12-6-4-10-19-15(12)16/h4,6-10,17H,2-3,5H2,1H3/b8-7-,17-13?. The Morgan fingerprint density at radius 1 is 1.47 bits per heavy atom. The first-order chi connectivity index (χ1) is 9.18. The van der Waals surface area contributed by atoms with Crippen molar-refractivity contribution in [1.82, 2.24) is 4.98 Å². The van der Waals surface area contributed by atoms with Gasteiger partial charge < -0.3 is 5.41 Å². The highest BCUT2D eigenvalue weighted by atomic mass is 35.5. The predicted octanol–water partition coefficient (Wildman–Crippen LogP) is 4.19. The molecule has 0 amide bonds. The molecule has 1 aromatic rings. The number of allylic oxidation sites excluding steroid dienone is 3. The number of hydrogen-bond donors (Lipinski definition) is 1. The van der Waals surface area contributed by atoms with Crippen molar-refractivity contribution in [2.75, 3.05) is 0 Å². The van der Waals surface area contributed by atoms with Gasteiger partial charge in [0.2, 0.25) is 0 Å². The summed E-state index contributed by atoms with van der Waals surface area (Å²) < 4.78 is 0. The zero-order valence-electron chi connectivity index (χ0n) is 10.9. The summed E-state index contributed by atoms with van der Waals surface area (Å²) in [6.07, 6.45) is 10.4. The van der Waals surface area contributed by atoms with Crippen LogP contribution >= 0.6 is 11.6 Å². The monoisotopic (exact) mass is 273 g/mol. The van der Waals surface area contributed by atoms with Gasteiger partial charge in [0.25, 0.3) is 0 Å². The Bertz CT molecular complexity index is 571. The molecule has 1 aliphatic heterocycles. The molecule has 0 saturated heterocycles. The summed E-state index contributed by atoms with van der Waals surface area (Å²) in [7, 11) is 0. The summed E-state index contributed by atoms with van der Waals surface area (Å²) >= 11 is 5.97. The van der Waals surface area contributed by atoms with Crippen LogP contribution in [0.1, 0.15) is 31.7 Å². The van der Waals surface area contributed by atoms with Crippen molar-refractivity contribution < 1.29 is 0 Å². The van der Waals surface area contributed by atoms with Crippen LogP contribution in [0.4, 0.5) is 0 Å². The van der Waals surface area contributed by atoms with E-state index in [1.165, 1.54) is 5.57 Å². The fourth-order valence-electron chi connectivity index (χ4n) is 1.88. The number of nitrogens with zero attached hydrogens (tertiary/aromatic N) is 2. The minimum atomic E-state index is 0.345. The van der Waals surface area contributed by atoms with Gasteiger partial charge in [0.1, 0.15) is 5.15 Å². The molecule has 4 heteroatoms. The lowest BCUT2D eigenvalue weighted by Gasteiger charge is -2.02. The van der Waals surface area contributed by atoms with Crippen molar-refractivity contribution in [3.8, 4) is 0 Å². The molecule has 19 heavy (non-hydrogen) atoms. The third kappa shape index (κ3) is 3.61. The van der Waals surface area contributed by atoms with E-state index in [1.807, 2.05) is 12.3 Å². The van der Waals surface area contributed by atoms with Gasteiger partial charge in [0.15, 0.2) is 0 Å². The average molecular weight is 274 g/mol. The Kier molecular flexibility index (Phi) is 4.63. The van der Waals surface area contributed by atoms with Gasteiger partial charge in [-0.2, -0.15) is 0 Å². The van der Waals surface area contributed by atoms with E-state index in [-0.39, 0.29) is 0 Å². The number of halogens is 1. The summed E-state index contributed by atoms with van der Waals surface area (Å²) in [6, 6.07) is 3.57. The van der Waals surface area contributed by atoms with Crippen LogP contribution in [0, 0.1) is 5.41 Å². The van der Waals surface area contributed by atoms with E-state index in [9.17, 15) is 0 Å². The summed E-state index contributed by atoms with van der Waals surface area (Å²) in [5, 5.41) is 8.38. The maximum atomic E-state index is 8.02. The first kappa shape index (κ1) is 13.7. The Morgan fingerprint density at radius 3 is 3.11 bits per heavy atom. The summed E-state index contributed by atoms with van der Waals surface area (Å²) in [6.45, 7) is 2.09. The lowest BCUT2D eigenvalue weighted by Crippen LogP contribution is -1.97. The van der Waals surface area contributed by atoms with Gasteiger partial charge in [-0.25, -0.2) is 4.98 Å². The molecule has 2 rings (SSSR count). The van der Waals surface area contributed by atoms with E-state index in [4.69, 9.17) is 17.0 Å². The van der Waals surface area contributed by atoms with Gasteiger partial charge in [0, 0.05) is 18.0 Å². The summed E-state index contributed by atoms with van der Waals surface area (Å²) in [4.78, 5) is 8.39. The Morgan fingerprint density at radius 2 is 2.32 bits per heavy atom. The van der Waals surface area contributed by atoms with E-state index in [2.05, 4.69) is 16.9 Å². The van der Waals surface area contributed by atoms with Crippen LogP contribution in [0.15, 0.2) is 46.7 Å². The molecule has 1 N–H and O–H groups in total. The van der Waals surface area contributed by atoms with Crippen LogP contribution < -0.4 is 0 Å². The second-order valence-corrected chi connectivity index (χ2v) is 4.82. The topological polar surface area (TPSA) is 49.1 Å². The molecule has 0 aromatic carbocycles. The quantitative estimate of drug-likeness (QED) is 0.651. The highest BCUT2D eigenvalue weighted by molar-refractivity contribution is 6.33. The molecule has 1 aliphatic rings. The van der Waals surface area contributed by atoms with Gasteiger partial charge in [0.05, 0.1) is 11.4 Å². The maximum Gasteiger partial charge on any atom is 0.138 e. The van der Waals surface area contributed by atoms with Crippen LogP contribution in [-0.2, 0) is 0 Å². The summed E-state index contributed by atoms with van der Waals surface area (Å²) in [5.41, 5.74) is 3.19. The fourth-order valence-corrected chi connectivity index (χ4v) is 2.11. The van der Waals surface area contributed by atoms with Crippen LogP contribution in [0.3, 0.4) is 0 Å². The minimum absolute atomic E-state index is 0.345. The van der Waals surface area contributed by atoms with Gasteiger partial charge in [-0.3, -0.25) is 4.99 Å². The summed E-state index contributed by atoms with van der Waals surface area (Å²) in [5.74, 6) is 0. The lowest BCUT2D eigenvalue weighted by atomic mass is 10.1. The Labute approximate surface area is 118 Å². The van der Waals surface area contributed by atoms with E-state index >= 15 is 0 Å². The van der Waals surface area contributed by atoms with Gasteiger partial charge in [-0.15, -0.1) is 0 Å². The van der Waals surface area contributed by atoms with E-state index < -0.39 is 0 Å². The molecule has 3 nitrogen and oxygen atoms in total. The highest BCUT2D eigenvalue weighted by Crippen LogP contribution is 2.18. The fraction of sp³-hybridized carbons (Fsp3) is 0.267. The number of pyridine rings is 1. The molecular formula is C15H16ClN3. The highest BCUT2D eigenvalue weighted by Gasteiger charge is 2.05. The lowest BCUT2D eigenvalue weighted by molar-refractivity contribution is 0.866. The van der Waals surface area contributed by atoms with Crippen LogP contribution in [0.2, 0.25) is 5.15 Å². The first-order valence-corrected chi connectivity index (χ1v) is 6.66. The van der Waals surface area contributed by atoms with Crippen LogP contribution in [0.25, 0.3) is 0 Å². The molecule has 2 heterocycles. The second-order valence-electron chi connectivity index (χ2n) is 4.46. The molecule has 0 saturated carbocycles. The van der Waals surface area contributed by atoms with Gasteiger partial charge in [-0.1, -0.05) is 11.6 Å². The molecule has 0 spiro atoms. The normalized spacial score (nSPS) is 15.9. The zero-order valence-corrected chi connectivity index (χ0v) is 11.6. The SMILES string of the molecule is CC1=C(/C=C\C(=N)c2cccnc2Cl)N=CCCC1. The van der Waals surface area contributed by atoms with E-state index in [1.54, 1.807) is 24.4 Å². The molecule has 0 atom stereocenters. The Hall–Kier alpha value is -1.74. The molecule has 0 bridgehead atoms. The third-order valence-electron chi connectivity index (χ3n) is 3.01. The van der Waals surface area contributed by atoms with E-state index in [0.29, 0.717) is 16.4 Å². The van der Waals surface area contributed by atoms with Crippen molar-refractivity contribution >= 4 is 23.5 Å². The minimum Gasteiger partial charge on any atom is -0.300 e. The number of aromatic nitrogens is 1. The van der Waals surface area contributed by atoms with Crippen molar-refractivity contribution in [1.29, 1.82) is 5.41 Å². The number of rotatable bonds is 3. The van der Waals surface area contributed by atoms with Crippen molar-refractivity contribution in [3.05, 3.63) is 52.5 Å². The number of hydrogen-bond acceptors (Lipinski definition) is 3. The van der Waals surface area contributed by atoms with Crippen molar-refractivity contribution in [2.24, 2.45) is 4.99 Å². The van der Waals surface area contributed by atoms with Crippen molar-refractivity contribution in [3.63, 3.8) is 0 Å². The van der Waals surface area contributed by atoms with Gasteiger partial charge in [-0.05, 0) is 56.0 Å². The molecule has 1 aromatic heterocycles. The van der Waals surface area contributed by atoms with Gasteiger partial charge >= 0.3 is 0 Å². The van der Waals surface area contributed by atoms with Crippen LogP contribution in [0.5, 0.6) is 0 Å². The van der Waals surface area contributed by atoms with Crippen LogP contribution in [-0.4, -0.2) is 16.9 Å². The smallest absolute Gasteiger partial charge is 0.138 e. The predicted molar refractivity (Wildman–Crippen MR) is 80.3 cm³/mol. The Balaban J connectivity index is 2.19. The third-order valence-corrected chi connectivity index (χ3v) is 3.31. The molecule has 0 radical (unpaired) electrons. The number of nitrogens with one attached hydrogen (secondary N) is 1. The largest absolute Gasteiger partial charge is 0.300 e. The molecular weight excluding hydrogens is 258 g/mol. The molecule has 0 unspecified atom stereocenters. The maximum absolute atomic E-state index is 8.02. The molecule has 98 valence electrons. The first-order valence-electron chi connectivity index (χ1n) is 6.28. The molecule has 0 fully saturated rings. The van der Waals surface area contributed by atoms with Crippen molar-refractivity contribution in [2.45, 2.75) is 26.2 Å². The average Bonchev–Trinajstić information content (AvgIpc) is 2.61. The zero-order chi connectivity index (χ0) is 13.7. The van der Waals surface area contributed by atoms with E-state index in [0.717, 1.165) is 25.0 Å².